The van der Waals surface area contributed by atoms with E-state index < -0.39 is 0 Å². The highest BCUT2D eigenvalue weighted by atomic mass is 32.1. The molecule has 5 heterocycles. The van der Waals surface area contributed by atoms with Gasteiger partial charge in [0.05, 0.1) is 22.3 Å². The van der Waals surface area contributed by atoms with E-state index in [1.54, 1.807) is 28.3 Å². The van der Waals surface area contributed by atoms with Crippen LogP contribution < -0.4 is 5.32 Å². The molecule has 0 aliphatic carbocycles. The van der Waals surface area contributed by atoms with E-state index >= 15 is 0 Å². The summed E-state index contributed by atoms with van der Waals surface area (Å²) >= 11 is 1.68. The molecule has 9 nitrogen and oxygen atoms in total. The Morgan fingerprint density at radius 3 is 2.74 bits per heavy atom. The fourth-order valence-corrected chi connectivity index (χ4v) is 4.64. The fraction of sp³-hybridized carbons (Fsp3) is 0.250. The number of hydrogen-bond donors (Lipinski definition) is 1. The molecule has 0 saturated carbocycles. The molecule has 172 valence electrons. The molecule has 10 heteroatoms. The number of nitrogens with zero attached hydrogens (tertiary/aromatic N) is 7. The molecule has 0 radical (unpaired) electrons. The summed E-state index contributed by atoms with van der Waals surface area (Å²) in [5.74, 6) is 0.528. The van der Waals surface area contributed by atoms with Crippen molar-refractivity contribution in [1.82, 2.24) is 39.9 Å². The topological polar surface area (TPSA) is 103 Å². The molecule has 0 aromatic carbocycles. The molecule has 0 saturated heterocycles. The van der Waals surface area contributed by atoms with Gasteiger partial charge < -0.3 is 5.32 Å². The van der Waals surface area contributed by atoms with Crippen LogP contribution in [-0.4, -0.2) is 40.5 Å². The molecular formula is C24H24N8OS. The lowest BCUT2D eigenvalue weighted by Gasteiger charge is -2.11. The van der Waals surface area contributed by atoms with Gasteiger partial charge in [0.2, 0.25) is 0 Å². The number of carbonyl (C=O) groups excluding carboxylic acids is 1. The average Bonchev–Trinajstić information content (AvgIpc) is 3.57. The van der Waals surface area contributed by atoms with Gasteiger partial charge in [-0.3, -0.25) is 14.2 Å². The number of carbonyl (C=O) groups is 1. The van der Waals surface area contributed by atoms with Crippen molar-refractivity contribution in [3.8, 4) is 16.3 Å². The van der Waals surface area contributed by atoms with Crippen LogP contribution >= 0.6 is 11.3 Å². The summed E-state index contributed by atoms with van der Waals surface area (Å²) in [5, 5.41) is 15.2. The second kappa shape index (κ2) is 9.14. The van der Waals surface area contributed by atoms with E-state index in [0.29, 0.717) is 29.9 Å². The van der Waals surface area contributed by atoms with E-state index in [-0.39, 0.29) is 5.91 Å². The number of thiophene rings is 1. The standard InChI is InChI=1S/C24H24N8OS/c1-4-5-22-28-29-30-32(22)19-10-18(24(33)27-12-17-8-6-15(2)25-11-17)14-31-20(13-26-23(19)31)21-9-7-16(3)34-21/h6-11,13-14H,4-5,12H2,1-3H3,(H,27,33). The van der Waals surface area contributed by atoms with E-state index in [9.17, 15) is 4.79 Å². The van der Waals surface area contributed by atoms with Gasteiger partial charge >= 0.3 is 0 Å². The number of tetrazole rings is 1. The van der Waals surface area contributed by atoms with E-state index in [1.165, 1.54) is 4.88 Å². The highest BCUT2D eigenvalue weighted by Crippen LogP contribution is 2.30. The number of fused-ring (bicyclic) bond motifs is 1. The number of aromatic nitrogens is 7. The molecule has 1 amide bonds. The van der Waals surface area contributed by atoms with Crippen molar-refractivity contribution in [1.29, 1.82) is 0 Å². The maximum atomic E-state index is 13.2. The van der Waals surface area contributed by atoms with Crippen molar-refractivity contribution in [2.24, 2.45) is 0 Å². The van der Waals surface area contributed by atoms with Gasteiger partial charge in [-0.1, -0.05) is 13.0 Å². The van der Waals surface area contributed by atoms with Crippen molar-refractivity contribution in [2.45, 2.75) is 40.2 Å². The van der Waals surface area contributed by atoms with E-state index in [1.807, 2.05) is 35.9 Å². The van der Waals surface area contributed by atoms with Crippen LogP contribution in [0.4, 0.5) is 0 Å². The molecule has 0 aliphatic heterocycles. The second-order valence-corrected chi connectivity index (χ2v) is 9.40. The Morgan fingerprint density at radius 2 is 2.00 bits per heavy atom. The summed E-state index contributed by atoms with van der Waals surface area (Å²) < 4.78 is 3.62. The molecule has 0 atom stereocenters. The summed E-state index contributed by atoms with van der Waals surface area (Å²) in [6, 6.07) is 9.83. The number of hydrogen-bond acceptors (Lipinski definition) is 7. The summed E-state index contributed by atoms with van der Waals surface area (Å²) in [6.07, 6.45) is 7.04. The van der Waals surface area contributed by atoms with Crippen LogP contribution in [0.15, 0.2) is 48.9 Å². The zero-order valence-corrected chi connectivity index (χ0v) is 20.0. The SMILES string of the molecule is CCCc1nnnn1-c1cc(C(=O)NCc2ccc(C)nc2)cn2c(-c3ccc(C)s3)cnc12. The maximum absolute atomic E-state index is 13.2. The fourth-order valence-electron chi connectivity index (χ4n) is 3.76. The number of rotatable bonds is 7. The Hall–Kier alpha value is -3.92. The highest BCUT2D eigenvalue weighted by Gasteiger charge is 2.19. The minimum absolute atomic E-state index is 0.198. The first-order valence-electron chi connectivity index (χ1n) is 11.1. The Balaban J connectivity index is 1.58. The molecule has 0 unspecified atom stereocenters. The zero-order chi connectivity index (χ0) is 23.7. The normalized spacial score (nSPS) is 11.3. The number of nitrogens with one attached hydrogen (secondary N) is 1. The van der Waals surface area contributed by atoms with Crippen molar-refractivity contribution in [2.75, 3.05) is 0 Å². The van der Waals surface area contributed by atoms with Crippen LogP contribution in [0.1, 0.15) is 45.7 Å². The van der Waals surface area contributed by atoms with Gasteiger partial charge in [0.25, 0.3) is 5.91 Å². The second-order valence-electron chi connectivity index (χ2n) is 8.11. The Kier molecular flexibility index (Phi) is 5.89. The zero-order valence-electron chi connectivity index (χ0n) is 19.2. The largest absolute Gasteiger partial charge is 0.348 e. The molecule has 0 bridgehead atoms. The number of aryl methyl sites for hydroxylation is 3. The Morgan fingerprint density at radius 1 is 1.12 bits per heavy atom. The molecule has 5 aromatic heterocycles. The lowest BCUT2D eigenvalue weighted by Crippen LogP contribution is -2.23. The number of amides is 1. The van der Waals surface area contributed by atoms with Gasteiger partial charge in [-0.15, -0.1) is 16.4 Å². The molecule has 5 rings (SSSR count). The van der Waals surface area contributed by atoms with E-state index in [2.05, 4.69) is 56.8 Å². The molecule has 34 heavy (non-hydrogen) atoms. The minimum atomic E-state index is -0.198. The molecular weight excluding hydrogens is 448 g/mol. The minimum Gasteiger partial charge on any atom is -0.348 e. The first-order chi connectivity index (χ1) is 16.5. The third kappa shape index (κ3) is 4.19. The lowest BCUT2D eigenvalue weighted by atomic mass is 10.2. The van der Waals surface area contributed by atoms with Gasteiger partial charge in [-0.05, 0) is 60.5 Å². The van der Waals surface area contributed by atoms with Gasteiger partial charge in [-0.2, -0.15) is 4.68 Å². The lowest BCUT2D eigenvalue weighted by molar-refractivity contribution is 0.0950. The summed E-state index contributed by atoms with van der Waals surface area (Å²) in [5.41, 5.74) is 4.63. The average molecular weight is 473 g/mol. The molecule has 5 aromatic rings. The van der Waals surface area contributed by atoms with Crippen molar-refractivity contribution in [3.63, 3.8) is 0 Å². The van der Waals surface area contributed by atoms with Crippen LogP contribution in [0.3, 0.4) is 0 Å². The van der Waals surface area contributed by atoms with Crippen LogP contribution in [0.25, 0.3) is 21.9 Å². The van der Waals surface area contributed by atoms with Gasteiger partial charge in [0, 0.05) is 35.9 Å². The van der Waals surface area contributed by atoms with E-state index in [0.717, 1.165) is 34.1 Å². The summed E-state index contributed by atoms with van der Waals surface area (Å²) in [4.78, 5) is 24.5. The van der Waals surface area contributed by atoms with Crippen molar-refractivity contribution < 1.29 is 4.79 Å². The number of pyridine rings is 2. The Labute approximate surface area is 200 Å². The smallest absolute Gasteiger partial charge is 0.253 e. The van der Waals surface area contributed by atoms with Crippen LogP contribution in [0.2, 0.25) is 0 Å². The summed E-state index contributed by atoms with van der Waals surface area (Å²) in [7, 11) is 0. The number of imidazole rings is 1. The van der Waals surface area contributed by atoms with Gasteiger partial charge in [0.15, 0.2) is 11.5 Å². The van der Waals surface area contributed by atoms with Crippen molar-refractivity contribution >= 4 is 22.9 Å². The molecule has 0 fully saturated rings. The molecule has 0 spiro atoms. The Bertz CT molecular complexity index is 1460. The van der Waals surface area contributed by atoms with Crippen LogP contribution in [-0.2, 0) is 13.0 Å². The van der Waals surface area contributed by atoms with Crippen LogP contribution in [0, 0.1) is 13.8 Å². The quantitative estimate of drug-likeness (QED) is 0.385. The highest BCUT2D eigenvalue weighted by molar-refractivity contribution is 7.15. The predicted octanol–water partition coefficient (Wildman–Crippen LogP) is 3.93. The predicted molar refractivity (Wildman–Crippen MR) is 130 cm³/mol. The van der Waals surface area contributed by atoms with Gasteiger partial charge in [-0.25, -0.2) is 4.98 Å². The summed E-state index contributed by atoms with van der Waals surface area (Å²) in [6.45, 7) is 6.46. The first-order valence-corrected chi connectivity index (χ1v) is 11.9. The van der Waals surface area contributed by atoms with Gasteiger partial charge in [0.1, 0.15) is 5.69 Å². The van der Waals surface area contributed by atoms with Crippen molar-refractivity contribution in [3.05, 3.63) is 76.4 Å². The van der Waals surface area contributed by atoms with Crippen LogP contribution in [0.5, 0.6) is 0 Å². The van der Waals surface area contributed by atoms with E-state index in [4.69, 9.17) is 0 Å². The maximum Gasteiger partial charge on any atom is 0.253 e. The third-order valence-electron chi connectivity index (χ3n) is 5.50. The third-order valence-corrected chi connectivity index (χ3v) is 6.53. The molecule has 1 N–H and O–H groups in total. The first kappa shape index (κ1) is 21.9. The monoisotopic (exact) mass is 472 g/mol. The molecule has 0 aliphatic rings.